The average molecular weight is 302 g/mol. The van der Waals surface area contributed by atoms with Crippen LogP contribution in [0.15, 0.2) is 42.7 Å². The minimum absolute atomic E-state index is 0.137. The molecule has 7 heteroatoms. The molecule has 0 saturated carbocycles. The zero-order chi connectivity index (χ0) is 14.7. The van der Waals surface area contributed by atoms with Crippen molar-refractivity contribution in [3.63, 3.8) is 0 Å². The zero-order valence-corrected chi connectivity index (χ0v) is 11.6. The molecule has 0 aromatic carbocycles. The summed E-state index contributed by atoms with van der Waals surface area (Å²) in [7, 11) is 0. The van der Waals surface area contributed by atoms with E-state index in [0.717, 1.165) is 0 Å². The Balaban J connectivity index is 1.93. The van der Waals surface area contributed by atoms with Gasteiger partial charge in [-0.05, 0) is 18.2 Å². The van der Waals surface area contributed by atoms with Gasteiger partial charge in [-0.2, -0.15) is 0 Å². The predicted molar refractivity (Wildman–Crippen MR) is 78.7 cm³/mol. The van der Waals surface area contributed by atoms with E-state index in [9.17, 15) is 9.50 Å². The van der Waals surface area contributed by atoms with Gasteiger partial charge in [0.25, 0.3) is 0 Å². The minimum Gasteiger partial charge on any atom is -0.391 e. The summed E-state index contributed by atoms with van der Waals surface area (Å²) in [6.45, 7) is -0.137. The van der Waals surface area contributed by atoms with E-state index in [4.69, 9.17) is 0 Å². The van der Waals surface area contributed by atoms with Crippen LogP contribution in [0.4, 0.5) is 15.3 Å². The van der Waals surface area contributed by atoms with Crippen LogP contribution >= 0.6 is 11.3 Å². The molecule has 3 aromatic heterocycles. The lowest BCUT2D eigenvalue weighted by Gasteiger charge is -2.00. The molecule has 0 aliphatic rings. The molecule has 106 valence electrons. The predicted octanol–water partition coefficient (Wildman–Crippen LogP) is 2.98. The van der Waals surface area contributed by atoms with Crippen molar-refractivity contribution in [2.45, 2.75) is 6.61 Å². The summed E-state index contributed by atoms with van der Waals surface area (Å²) >= 11 is 1.28. The lowest BCUT2D eigenvalue weighted by atomic mass is 10.2. The van der Waals surface area contributed by atoms with Gasteiger partial charge in [-0.25, -0.2) is 14.4 Å². The maximum absolute atomic E-state index is 13.1. The third-order valence-corrected chi connectivity index (χ3v) is 3.66. The molecule has 21 heavy (non-hydrogen) atoms. The van der Waals surface area contributed by atoms with Gasteiger partial charge in [0.2, 0.25) is 0 Å². The zero-order valence-electron chi connectivity index (χ0n) is 10.8. The van der Waals surface area contributed by atoms with Crippen molar-refractivity contribution >= 4 is 22.3 Å². The number of halogens is 1. The molecule has 3 aromatic rings. The maximum Gasteiger partial charge on any atom is 0.189 e. The largest absolute Gasteiger partial charge is 0.391 e. The van der Waals surface area contributed by atoms with Crippen LogP contribution in [-0.2, 0) is 6.61 Å². The number of thiazole rings is 1. The van der Waals surface area contributed by atoms with Crippen molar-refractivity contribution in [2.75, 3.05) is 5.32 Å². The van der Waals surface area contributed by atoms with E-state index in [1.807, 2.05) is 18.2 Å². The van der Waals surface area contributed by atoms with E-state index < -0.39 is 0 Å². The number of aromatic nitrogens is 3. The van der Waals surface area contributed by atoms with Gasteiger partial charge in [0.15, 0.2) is 5.13 Å². The van der Waals surface area contributed by atoms with E-state index in [2.05, 4.69) is 20.3 Å². The highest BCUT2D eigenvalue weighted by Gasteiger charge is 2.13. The Morgan fingerprint density at radius 3 is 2.81 bits per heavy atom. The molecular formula is C14H11FN4OS. The van der Waals surface area contributed by atoms with Crippen LogP contribution in [0.1, 0.15) is 4.88 Å². The fraction of sp³-hybridized carbons (Fsp3) is 0.0714. The molecule has 0 bridgehead atoms. The molecule has 0 saturated heterocycles. The molecule has 0 fully saturated rings. The second kappa shape index (κ2) is 5.94. The smallest absolute Gasteiger partial charge is 0.189 e. The first-order valence-corrected chi connectivity index (χ1v) is 6.98. The number of pyridine rings is 2. The first kappa shape index (κ1) is 13.6. The highest BCUT2D eigenvalue weighted by molar-refractivity contribution is 7.16. The maximum atomic E-state index is 13.1. The van der Waals surface area contributed by atoms with E-state index in [1.165, 1.54) is 29.7 Å². The van der Waals surface area contributed by atoms with Crippen LogP contribution in [0.3, 0.4) is 0 Å². The summed E-state index contributed by atoms with van der Waals surface area (Å²) in [5.74, 6) is -0.0165. The topological polar surface area (TPSA) is 70.9 Å². The van der Waals surface area contributed by atoms with Crippen molar-refractivity contribution in [1.82, 2.24) is 15.0 Å². The van der Waals surface area contributed by atoms with Crippen molar-refractivity contribution in [3.8, 4) is 11.4 Å². The van der Waals surface area contributed by atoms with Crippen molar-refractivity contribution in [3.05, 3.63) is 53.4 Å². The van der Waals surface area contributed by atoms with Crippen LogP contribution in [0.25, 0.3) is 11.4 Å². The lowest BCUT2D eigenvalue weighted by molar-refractivity contribution is 0.286. The number of rotatable bonds is 4. The molecule has 0 aliphatic carbocycles. The normalized spacial score (nSPS) is 10.6. The first-order valence-electron chi connectivity index (χ1n) is 6.17. The average Bonchev–Trinajstić information content (AvgIpc) is 2.91. The summed E-state index contributed by atoms with van der Waals surface area (Å²) < 4.78 is 13.1. The van der Waals surface area contributed by atoms with Gasteiger partial charge in [0.05, 0.1) is 17.2 Å². The number of aliphatic hydroxyl groups excluding tert-OH is 1. The Morgan fingerprint density at radius 2 is 2.10 bits per heavy atom. The van der Waals surface area contributed by atoms with E-state index in [1.54, 1.807) is 6.20 Å². The second-order valence-corrected chi connectivity index (χ2v) is 5.23. The van der Waals surface area contributed by atoms with Gasteiger partial charge in [0.1, 0.15) is 17.3 Å². The summed E-state index contributed by atoms with van der Waals surface area (Å²) in [6, 6.07) is 8.03. The highest BCUT2D eigenvalue weighted by atomic mass is 32.1. The van der Waals surface area contributed by atoms with Crippen LogP contribution in [-0.4, -0.2) is 20.1 Å². The van der Waals surface area contributed by atoms with Crippen LogP contribution in [0, 0.1) is 5.82 Å². The molecule has 0 unspecified atom stereocenters. The van der Waals surface area contributed by atoms with Gasteiger partial charge >= 0.3 is 0 Å². The summed E-state index contributed by atoms with van der Waals surface area (Å²) in [4.78, 5) is 13.3. The SMILES string of the molecule is OCc1sc(Nc2cc(F)ccn2)nc1-c1ccccn1. The second-order valence-electron chi connectivity index (χ2n) is 4.15. The minimum atomic E-state index is -0.378. The quantitative estimate of drug-likeness (QED) is 0.775. The molecule has 0 amide bonds. The van der Waals surface area contributed by atoms with Gasteiger partial charge in [0, 0.05) is 18.5 Å². The number of nitrogens with one attached hydrogen (secondary N) is 1. The fourth-order valence-electron chi connectivity index (χ4n) is 1.80. The lowest BCUT2D eigenvalue weighted by Crippen LogP contribution is -1.93. The molecular weight excluding hydrogens is 291 g/mol. The Kier molecular flexibility index (Phi) is 3.85. The number of hydrogen-bond donors (Lipinski definition) is 2. The Morgan fingerprint density at radius 1 is 1.19 bits per heavy atom. The van der Waals surface area contributed by atoms with Crippen LogP contribution in [0.5, 0.6) is 0 Å². The van der Waals surface area contributed by atoms with Gasteiger partial charge in [-0.3, -0.25) is 4.98 Å². The van der Waals surface area contributed by atoms with Gasteiger partial charge < -0.3 is 10.4 Å². The van der Waals surface area contributed by atoms with Crippen LogP contribution < -0.4 is 5.32 Å². The number of aliphatic hydroxyl groups is 1. The van der Waals surface area contributed by atoms with Gasteiger partial charge in [-0.1, -0.05) is 17.4 Å². The molecule has 0 spiro atoms. The first-order chi connectivity index (χ1) is 10.3. The summed E-state index contributed by atoms with van der Waals surface area (Å²) in [5, 5.41) is 12.9. The summed E-state index contributed by atoms with van der Waals surface area (Å²) in [6.07, 6.45) is 3.04. The third-order valence-electron chi connectivity index (χ3n) is 2.71. The molecule has 0 aliphatic heterocycles. The number of hydrogen-bond acceptors (Lipinski definition) is 6. The number of nitrogens with zero attached hydrogens (tertiary/aromatic N) is 3. The van der Waals surface area contributed by atoms with E-state index >= 15 is 0 Å². The molecule has 0 radical (unpaired) electrons. The van der Waals surface area contributed by atoms with Crippen LogP contribution in [0.2, 0.25) is 0 Å². The van der Waals surface area contributed by atoms with Crippen molar-refractivity contribution < 1.29 is 9.50 Å². The van der Waals surface area contributed by atoms with E-state index in [-0.39, 0.29) is 12.4 Å². The molecule has 0 atom stereocenters. The van der Waals surface area contributed by atoms with E-state index in [0.29, 0.717) is 27.2 Å². The number of anilines is 2. The summed E-state index contributed by atoms with van der Waals surface area (Å²) in [5.41, 5.74) is 1.29. The van der Waals surface area contributed by atoms with Gasteiger partial charge in [-0.15, -0.1) is 0 Å². The Bertz CT molecular complexity index is 748. The molecule has 3 heterocycles. The molecule has 2 N–H and O–H groups in total. The standard InChI is InChI=1S/C14H11FN4OS/c15-9-4-6-17-12(7-9)18-14-19-13(11(8-20)21-14)10-3-1-2-5-16-10/h1-7,20H,8H2,(H,17,18,19). The van der Waals surface area contributed by atoms with Crippen molar-refractivity contribution in [1.29, 1.82) is 0 Å². The Labute approximate surface area is 124 Å². The molecule has 5 nitrogen and oxygen atoms in total. The molecule has 3 rings (SSSR count). The fourth-order valence-corrected chi connectivity index (χ4v) is 2.64. The highest BCUT2D eigenvalue weighted by Crippen LogP contribution is 2.31. The van der Waals surface area contributed by atoms with Crippen molar-refractivity contribution in [2.24, 2.45) is 0 Å². The monoisotopic (exact) mass is 302 g/mol. The Hall–Kier alpha value is -2.38. The third kappa shape index (κ3) is 3.04.